The van der Waals surface area contributed by atoms with E-state index < -0.39 is 31.9 Å². The fourth-order valence-corrected chi connectivity index (χ4v) is 6.26. The first-order chi connectivity index (χ1) is 13.1. The number of carbonyl (C=O) groups is 1. The number of hydrogen-bond acceptors (Lipinski definition) is 5. The van der Waals surface area contributed by atoms with E-state index in [9.17, 15) is 26.0 Å². The Labute approximate surface area is 165 Å². The largest absolute Gasteiger partial charge is 0.339 e. The minimum absolute atomic E-state index is 0.0795. The number of piperidine rings is 1. The third-order valence-corrected chi connectivity index (χ3v) is 8.33. The number of rotatable bonds is 4. The molecule has 0 aromatic heterocycles. The van der Waals surface area contributed by atoms with E-state index in [1.54, 1.807) is 0 Å². The molecule has 3 rings (SSSR count). The van der Waals surface area contributed by atoms with Crippen LogP contribution in [0.5, 0.6) is 0 Å². The molecule has 0 aliphatic carbocycles. The lowest BCUT2D eigenvalue weighted by atomic mass is 10.0. The van der Waals surface area contributed by atoms with Crippen molar-refractivity contribution >= 4 is 26.0 Å². The first-order valence-electron chi connectivity index (χ1n) is 9.12. The number of hydrogen-bond donors (Lipinski definition) is 0. The fourth-order valence-electron chi connectivity index (χ4n) is 3.68. The summed E-state index contributed by atoms with van der Waals surface area (Å²) in [5.41, 5.74) is 0. The lowest BCUT2D eigenvalue weighted by molar-refractivity contribution is -0.137. The van der Waals surface area contributed by atoms with E-state index in [1.165, 1.54) is 31.7 Å². The average Bonchev–Trinajstić information content (AvgIpc) is 2.67. The molecule has 0 spiro atoms. The number of carbonyl (C=O) groups excluding carboxylic acids is 1. The number of sulfonamides is 2. The SMILES string of the molecule is CS(=O)(=O)N1CCCCC1C(=O)N1CCN(S(=O)(=O)c2cccc(F)c2)CC1. The Morgan fingerprint density at radius 3 is 2.32 bits per heavy atom. The molecule has 2 heterocycles. The van der Waals surface area contributed by atoms with Crippen LogP contribution in [0, 0.1) is 5.82 Å². The van der Waals surface area contributed by atoms with E-state index in [2.05, 4.69) is 0 Å². The molecule has 2 saturated heterocycles. The summed E-state index contributed by atoms with van der Waals surface area (Å²) in [4.78, 5) is 14.3. The number of amides is 1. The summed E-state index contributed by atoms with van der Waals surface area (Å²) in [6.07, 6.45) is 3.06. The van der Waals surface area contributed by atoms with E-state index in [0.717, 1.165) is 25.2 Å². The van der Waals surface area contributed by atoms with Gasteiger partial charge in [0.2, 0.25) is 26.0 Å². The van der Waals surface area contributed by atoms with Crippen LogP contribution >= 0.6 is 0 Å². The molecule has 0 saturated carbocycles. The molecule has 0 bridgehead atoms. The quantitative estimate of drug-likeness (QED) is 0.688. The molecule has 1 unspecified atom stereocenters. The molecule has 0 radical (unpaired) electrons. The van der Waals surface area contributed by atoms with Gasteiger partial charge in [-0.3, -0.25) is 4.79 Å². The number of nitrogens with zero attached hydrogens (tertiary/aromatic N) is 3. The average molecular weight is 434 g/mol. The Morgan fingerprint density at radius 1 is 1.04 bits per heavy atom. The highest BCUT2D eigenvalue weighted by Crippen LogP contribution is 2.23. The summed E-state index contributed by atoms with van der Waals surface area (Å²) in [5.74, 6) is -0.916. The van der Waals surface area contributed by atoms with Gasteiger partial charge in [-0.15, -0.1) is 0 Å². The zero-order valence-corrected chi connectivity index (χ0v) is 17.3. The van der Waals surface area contributed by atoms with Crippen LogP contribution in [0.15, 0.2) is 29.2 Å². The van der Waals surface area contributed by atoms with Gasteiger partial charge in [-0.05, 0) is 31.0 Å². The van der Waals surface area contributed by atoms with Gasteiger partial charge in [0.15, 0.2) is 0 Å². The molecule has 1 atom stereocenters. The van der Waals surface area contributed by atoms with Crippen LogP contribution in [0.2, 0.25) is 0 Å². The molecule has 8 nitrogen and oxygen atoms in total. The summed E-state index contributed by atoms with van der Waals surface area (Å²) in [7, 11) is -7.33. The van der Waals surface area contributed by atoms with Crippen molar-refractivity contribution in [3.63, 3.8) is 0 Å². The van der Waals surface area contributed by atoms with Gasteiger partial charge in [0, 0.05) is 32.7 Å². The van der Waals surface area contributed by atoms with Crippen LogP contribution in [-0.2, 0) is 24.8 Å². The second kappa shape index (κ2) is 8.05. The van der Waals surface area contributed by atoms with Crippen LogP contribution in [0.3, 0.4) is 0 Å². The van der Waals surface area contributed by atoms with Gasteiger partial charge < -0.3 is 4.90 Å². The van der Waals surface area contributed by atoms with Crippen molar-refractivity contribution in [3.8, 4) is 0 Å². The highest BCUT2D eigenvalue weighted by molar-refractivity contribution is 7.89. The monoisotopic (exact) mass is 433 g/mol. The van der Waals surface area contributed by atoms with Crippen LogP contribution in [-0.4, -0.2) is 81.3 Å². The maximum atomic E-state index is 13.4. The standard InChI is InChI=1S/C17H24FN3O5S2/c1-27(23,24)21-8-3-2-7-16(21)17(22)19-9-11-20(12-10-19)28(25,26)15-6-4-5-14(18)13-15/h4-6,13,16H,2-3,7-12H2,1H3. The van der Waals surface area contributed by atoms with Crippen molar-refractivity contribution < 1.29 is 26.0 Å². The Kier molecular flexibility index (Phi) is 6.08. The topological polar surface area (TPSA) is 95.1 Å². The lowest BCUT2D eigenvalue weighted by Gasteiger charge is -2.39. The van der Waals surface area contributed by atoms with Gasteiger partial charge in [-0.1, -0.05) is 12.5 Å². The lowest BCUT2D eigenvalue weighted by Crippen LogP contribution is -2.57. The molecule has 1 amide bonds. The summed E-state index contributed by atoms with van der Waals surface area (Å²) >= 11 is 0. The molecular formula is C17H24FN3O5S2. The third kappa shape index (κ3) is 4.37. The summed E-state index contributed by atoms with van der Waals surface area (Å²) in [6.45, 7) is 0.818. The van der Waals surface area contributed by atoms with Crippen LogP contribution in [0.25, 0.3) is 0 Å². The first-order valence-corrected chi connectivity index (χ1v) is 12.4. The van der Waals surface area contributed by atoms with Crippen LogP contribution in [0.4, 0.5) is 4.39 Å². The third-order valence-electron chi connectivity index (χ3n) is 5.15. The van der Waals surface area contributed by atoms with Crippen molar-refractivity contribution in [1.29, 1.82) is 0 Å². The van der Waals surface area contributed by atoms with E-state index >= 15 is 0 Å². The maximum absolute atomic E-state index is 13.4. The van der Waals surface area contributed by atoms with Gasteiger partial charge in [-0.2, -0.15) is 8.61 Å². The predicted octanol–water partition coefficient (Wildman–Crippen LogP) is 0.473. The Hall–Kier alpha value is -1.56. The molecule has 1 aromatic rings. The summed E-state index contributed by atoms with van der Waals surface area (Å²) in [6, 6.07) is 4.09. The Morgan fingerprint density at radius 2 is 1.71 bits per heavy atom. The highest BCUT2D eigenvalue weighted by Gasteiger charge is 2.38. The van der Waals surface area contributed by atoms with Gasteiger partial charge in [0.1, 0.15) is 11.9 Å². The van der Waals surface area contributed by atoms with E-state index in [1.807, 2.05) is 0 Å². The Bertz CT molecular complexity index is 943. The van der Waals surface area contributed by atoms with Crippen LogP contribution in [0.1, 0.15) is 19.3 Å². The molecule has 2 fully saturated rings. The minimum atomic E-state index is -3.84. The summed E-state index contributed by atoms with van der Waals surface area (Å²) < 4.78 is 65.2. The second-order valence-electron chi connectivity index (χ2n) is 7.07. The predicted molar refractivity (Wildman–Crippen MR) is 101 cm³/mol. The molecule has 2 aliphatic heterocycles. The van der Waals surface area contributed by atoms with E-state index in [0.29, 0.717) is 13.0 Å². The van der Waals surface area contributed by atoms with Crippen molar-refractivity contribution in [2.75, 3.05) is 39.0 Å². The molecule has 2 aliphatic rings. The van der Waals surface area contributed by atoms with Crippen molar-refractivity contribution in [2.45, 2.75) is 30.2 Å². The molecular weight excluding hydrogens is 409 g/mol. The van der Waals surface area contributed by atoms with Crippen molar-refractivity contribution in [1.82, 2.24) is 13.5 Å². The van der Waals surface area contributed by atoms with Gasteiger partial charge >= 0.3 is 0 Å². The van der Waals surface area contributed by atoms with Crippen molar-refractivity contribution in [3.05, 3.63) is 30.1 Å². The van der Waals surface area contributed by atoms with Gasteiger partial charge in [0.05, 0.1) is 11.2 Å². The zero-order valence-electron chi connectivity index (χ0n) is 15.6. The number of benzene rings is 1. The Balaban J connectivity index is 1.68. The molecule has 1 aromatic carbocycles. The minimum Gasteiger partial charge on any atom is -0.339 e. The smallest absolute Gasteiger partial charge is 0.243 e. The van der Waals surface area contributed by atoms with E-state index in [-0.39, 0.29) is 37.0 Å². The number of piperazine rings is 1. The molecule has 156 valence electrons. The summed E-state index contributed by atoms with van der Waals surface area (Å²) in [5, 5.41) is 0. The fraction of sp³-hybridized carbons (Fsp3) is 0.588. The molecule has 28 heavy (non-hydrogen) atoms. The van der Waals surface area contributed by atoms with Crippen molar-refractivity contribution in [2.24, 2.45) is 0 Å². The number of halogens is 1. The molecule has 0 N–H and O–H groups in total. The second-order valence-corrected chi connectivity index (χ2v) is 10.9. The van der Waals surface area contributed by atoms with E-state index in [4.69, 9.17) is 0 Å². The highest BCUT2D eigenvalue weighted by atomic mass is 32.2. The van der Waals surface area contributed by atoms with Crippen LogP contribution < -0.4 is 0 Å². The normalized spacial score (nSPS) is 22.9. The van der Waals surface area contributed by atoms with Gasteiger partial charge in [0.25, 0.3) is 0 Å². The maximum Gasteiger partial charge on any atom is 0.243 e. The molecule has 11 heteroatoms. The first kappa shape index (κ1) is 21.2. The van der Waals surface area contributed by atoms with Gasteiger partial charge in [-0.25, -0.2) is 21.2 Å². The zero-order chi connectivity index (χ0) is 20.5.